The van der Waals surface area contributed by atoms with Crippen LogP contribution in [0, 0.1) is 0 Å². The minimum Gasteiger partial charge on any atom is -0.410 e. The van der Waals surface area contributed by atoms with Gasteiger partial charge in [-0.05, 0) is 6.26 Å². The van der Waals surface area contributed by atoms with Gasteiger partial charge in [0.15, 0.2) is 0 Å². The summed E-state index contributed by atoms with van der Waals surface area (Å²) < 4.78 is 41.2. The topological polar surface area (TPSA) is 71.5 Å². The summed E-state index contributed by atoms with van der Waals surface area (Å²) in [5.74, 6) is -1.55. The van der Waals surface area contributed by atoms with Crippen molar-refractivity contribution in [1.82, 2.24) is 10.1 Å². The van der Waals surface area contributed by atoms with E-state index in [4.69, 9.17) is 5.21 Å². The lowest BCUT2D eigenvalue weighted by molar-refractivity contribution is -0.159. The first-order chi connectivity index (χ1) is 9.45. The van der Waals surface area contributed by atoms with Gasteiger partial charge < -0.3 is 9.73 Å². The quantitative estimate of drug-likeness (QED) is 0.399. The number of alkyl halides is 3. The Kier molecular flexibility index (Phi) is 3.98. The molecule has 1 aromatic carbocycles. The van der Waals surface area contributed by atoms with Crippen LogP contribution in [0.25, 0.3) is 11.4 Å². The number of aromatic nitrogens is 2. The molecule has 20 heavy (non-hydrogen) atoms. The maximum Gasteiger partial charge on any atom is 0.471 e. The van der Waals surface area contributed by atoms with Crippen molar-refractivity contribution < 1.29 is 22.9 Å². The zero-order valence-electron chi connectivity index (χ0n) is 10.0. The van der Waals surface area contributed by atoms with Crippen LogP contribution in [0.15, 0.2) is 33.9 Å². The van der Waals surface area contributed by atoms with Crippen molar-refractivity contribution in [2.24, 2.45) is 5.16 Å². The smallest absolute Gasteiger partial charge is 0.410 e. The number of thioether (sulfide) groups is 1. The second-order valence-corrected chi connectivity index (χ2v) is 4.40. The zero-order valence-corrected chi connectivity index (χ0v) is 10.9. The number of benzene rings is 1. The van der Waals surface area contributed by atoms with E-state index >= 15 is 0 Å². The molecule has 0 fully saturated rings. The Balaban J connectivity index is 2.29. The summed E-state index contributed by atoms with van der Waals surface area (Å²) in [6.45, 7) is 0. The van der Waals surface area contributed by atoms with Gasteiger partial charge in [0, 0.05) is 11.1 Å². The minimum absolute atomic E-state index is 0.157. The largest absolute Gasteiger partial charge is 0.471 e. The number of hydrogen-bond donors (Lipinski definition) is 1. The second kappa shape index (κ2) is 5.53. The SMILES string of the molecule is CS/C(=N/O)c1ccc(-c2noc(C(F)(F)F)n2)cc1. The highest BCUT2D eigenvalue weighted by Gasteiger charge is 2.38. The van der Waals surface area contributed by atoms with E-state index in [0.29, 0.717) is 16.2 Å². The van der Waals surface area contributed by atoms with Crippen molar-refractivity contribution in [3.63, 3.8) is 0 Å². The van der Waals surface area contributed by atoms with Gasteiger partial charge in [-0.3, -0.25) is 0 Å². The van der Waals surface area contributed by atoms with Gasteiger partial charge in [0.2, 0.25) is 5.82 Å². The minimum atomic E-state index is -4.67. The van der Waals surface area contributed by atoms with Crippen LogP contribution in [0.4, 0.5) is 13.2 Å². The second-order valence-electron chi connectivity index (χ2n) is 3.61. The van der Waals surface area contributed by atoms with Gasteiger partial charge in [-0.1, -0.05) is 34.6 Å². The molecule has 9 heteroatoms. The van der Waals surface area contributed by atoms with Crippen molar-refractivity contribution in [2.75, 3.05) is 6.26 Å². The van der Waals surface area contributed by atoms with Crippen molar-refractivity contribution in [3.8, 4) is 11.4 Å². The van der Waals surface area contributed by atoms with E-state index < -0.39 is 12.1 Å². The average Bonchev–Trinajstić information content (AvgIpc) is 2.90. The Hall–Kier alpha value is -2.03. The van der Waals surface area contributed by atoms with Crippen LogP contribution in [-0.2, 0) is 6.18 Å². The molecule has 5 nitrogen and oxygen atoms in total. The molecule has 0 amide bonds. The van der Waals surface area contributed by atoms with E-state index in [0.717, 1.165) is 0 Å². The summed E-state index contributed by atoms with van der Waals surface area (Å²) in [6, 6.07) is 6.21. The summed E-state index contributed by atoms with van der Waals surface area (Å²) in [5, 5.41) is 15.5. The first-order valence-electron chi connectivity index (χ1n) is 5.23. The van der Waals surface area contributed by atoms with Gasteiger partial charge in [-0.25, -0.2) is 0 Å². The van der Waals surface area contributed by atoms with Gasteiger partial charge in [-0.15, -0.1) is 11.8 Å². The number of nitrogens with zero attached hydrogens (tertiary/aromatic N) is 3. The molecule has 0 atom stereocenters. The molecule has 0 bridgehead atoms. The van der Waals surface area contributed by atoms with Gasteiger partial charge in [-0.2, -0.15) is 18.2 Å². The standard InChI is InChI=1S/C11H8F3N3O2S/c1-20-9(16-18)7-4-2-6(3-5-7)8-15-10(19-17-8)11(12,13)14/h2-5,18H,1H3/b16-9+. The molecule has 0 saturated carbocycles. The van der Waals surface area contributed by atoms with Crippen LogP contribution >= 0.6 is 11.8 Å². The summed E-state index contributed by atoms with van der Waals surface area (Å²) in [6.07, 6.45) is -2.93. The molecule has 106 valence electrons. The number of halogens is 3. The monoisotopic (exact) mass is 303 g/mol. The fourth-order valence-corrected chi connectivity index (χ4v) is 1.89. The molecule has 1 heterocycles. The van der Waals surface area contributed by atoms with Crippen LogP contribution in [0.3, 0.4) is 0 Å². The van der Waals surface area contributed by atoms with Crippen LogP contribution in [0.2, 0.25) is 0 Å². The first kappa shape index (κ1) is 14.4. The Bertz CT molecular complexity index is 623. The lowest BCUT2D eigenvalue weighted by Gasteiger charge is -2.01. The summed E-state index contributed by atoms with van der Waals surface area (Å²) >= 11 is 1.23. The summed E-state index contributed by atoms with van der Waals surface area (Å²) in [5.41, 5.74) is 0.995. The highest BCUT2D eigenvalue weighted by Crippen LogP contribution is 2.29. The average molecular weight is 303 g/mol. The lowest BCUT2D eigenvalue weighted by atomic mass is 10.1. The molecule has 0 aliphatic heterocycles. The molecule has 0 spiro atoms. The molecule has 0 radical (unpaired) electrons. The maximum absolute atomic E-state index is 12.3. The first-order valence-corrected chi connectivity index (χ1v) is 6.46. The van der Waals surface area contributed by atoms with Crippen LogP contribution < -0.4 is 0 Å². The molecule has 2 aromatic rings. The van der Waals surface area contributed by atoms with Gasteiger partial charge in [0.25, 0.3) is 0 Å². The summed E-state index contributed by atoms with van der Waals surface area (Å²) in [4.78, 5) is 3.28. The fraction of sp³-hybridized carbons (Fsp3) is 0.182. The van der Waals surface area contributed by atoms with E-state index in [2.05, 4.69) is 19.8 Å². The molecule has 0 saturated heterocycles. The van der Waals surface area contributed by atoms with Gasteiger partial charge >= 0.3 is 12.1 Å². The molecule has 0 aliphatic rings. The van der Waals surface area contributed by atoms with Crippen molar-refractivity contribution in [2.45, 2.75) is 6.18 Å². The number of hydrogen-bond acceptors (Lipinski definition) is 6. The zero-order chi connectivity index (χ0) is 14.8. The summed E-state index contributed by atoms with van der Waals surface area (Å²) in [7, 11) is 0. The number of oxime groups is 1. The predicted molar refractivity (Wildman–Crippen MR) is 66.6 cm³/mol. The number of rotatable bonds is 2. The lowest BCUT2D eigenvalue weighted by Crippen LogP contribution is -2.04. The van der Waals surface area contributed by atoms with E-state index in [9.17, 15) is 13.2 Å². The molecular formula is C11H8F3N3O2S. The molecule has 0 unspecified atom stereocenters. The third kappa shape index (κ3) is 2.93. The molecular weight excluding hydrogens is 295 g/mol. The van der Waals surface area contributed by atoms with Crippen LogP contribution in [-0.4, -0.2) is 26.6 Å². The molecule has 1 aromatic heterocycles. The Morgan fingerprint density at radius 1 is 1.30 bits per heavy atom. The van der Waals surface area contributed by atoms with E-state index in [1.54, 1.807) is 18.4 Å². The molecule has 1 N–H and O–H groups in total. The molecule has 2 rings (SSSR count). The Labute approximate surface area is 115 Å². The predicted octanol–water partition coefficient (Wildman–Crippen LogP) is 3.25. The fourth-order valence-electron chi connectivity index (χ4n) is 1.43. The van der Waals surface area contributed by atoms with E-state index in [-0.39, 0.29) is 5.82 Å². The van der Waals surface area contributed by atoms with Crippen molar-refractivity contribution in [1.29, 1.82) is 0 Å². The van der Waals surface area contributed by atoms with Crippen molar-refractivity contribution in [3.05, 3.63) is 35.7 Å². The highest BCUT2D eigenvalue weighted by atomic mass is 32.2. The maximum atomic E-state index is 12.3. The van der Waals surface area contributed by atoms with Crippen LogP contribution in [0.1, 0.15) is 11.5 Å². The van der Waals surface area contributed by atoms with Gasteiger partial charge in [0.05, 0.1) is 0 Å². The molecule has 0 aliphatic carbocycles. The van der Waals surface area contributed by atoms with E-state index in [1.807, 2.05) is 0 Å². The Morgan fingerprint density at radius 2 is 1.95 bits per heavy atom. The normalized spacial score (nSPS) is 12.7. The third-order valence-corrected chi connectivity index (χ3v) is 3.05. The van der Waals surface area contributed by atoms with Gasteiger partial charge in [0.1, 0.15) is 5.04 Å². The van der Waals surface area contributed by atoms with Crippen LogP contribution in [0.5, 0.6) is 0 Å². The highest BCUT2D eigenvalue weighted by molar-refractivity contribution is 8.13. The third-order valence-electron chi connectivity index (χ3n) is 2.34. The van der Waals surface area contributed by atoms with Crippen molar-refractivity contribution >= 4 is 16.8 Å². The Morgan fingerprint density at radius 3 is 2.40 bits per heavy atom. The van der Waals surface area contributed by atoms with E-state index in [1.165, 1.54) is 23.9 Å².